The summed E-state index contributed by atoms with van der Waals surface area (Å²) in [7, 11) is 0. The van der Waals surface area contributed by atoms with E-state index in [1.165, 1.54) is 0 Å². The van der Waals surface area contributed by atoms with Crippen LogP contribution in [0.5, 0.6) is 0 Å². The van der Waals surface area contributed by atoms with Crippen molar-refractivity contribution in [1.82, 2.24) is 25.3 Å². The molecular formula is C18H24N6O2. The van der Waals surface area contributed by atoms with Crippen LogP contribution in [-0.4, -0.2) is 58.3 Å². The van der Waals surface area contributed by atoms with Gasteiger partial charge in [0.15, 0.2) is 5.82 Å². The number of hydrogen-bond acceptors (Lipinski definition) is 6. The van der Waals surface area contributed by atoms with Gasteiger partial charge in [-0.1, -0.05) is 19.0 Å². The molecule has 26 heavy (non-hydrogen) atoms. The topological polar surface area (TPSA) is 87.4 Å². The maximum absolute atomic E-state index is 11.8. The number of pyridine rings is 1. The second kappa shape index (κ2) is 6.93. The van der Waals surface area contributed by atoms with Gasteiger partial charge in [-0.25, -0.2) is 9.78 Å². The Labute approximate surface area is 152 Å². The fourth-order valence-electron chi connectivity index (χ4n) is 3.55. The molecule has 8 heteroatoms. The Balaban J connectivity index is 1.45. The number of piperidine rings is 1. The van der Waals surface area contributed by atoms with Crippen LogP contribution in [0.2, 0.25) is 0 Å². The summed E-state index contributed by atoms with van der Waals surface area (Å²) in [6, 6.07) is 4.28. The van der Waals surface area contributed by atoms with E-state index in [2.05, 4.69) is 25.3 Å². The minimum Gasteiger partial charge on any atom is -0.356 e. The average Bonchev–Trinajstić information content (AvgIpc) is 3.31. The van der Waals surface area contributed by atoms with Gasteiger partial charge in [0.05, 0.1) is 0 Å². The van der Waals surface area contributed by atoms with Crippen LogP contribution in [0.3, 0.4) is 0 Å². The van der Waals surface area contributed by atoms with Crippen LogP contribution in [-0.2, 0) is 0 Å². The van der Waals surface area contributed by atoms with E-state index in [-0.39, 0.29) is 11.9 Å². The molecule has 1 N–H and O–H groups in total. The Bertz CT molecular complexity index is 781. The van der Waals surface area contributed by atoms with Crippen LogP contribution in [0.15, 0.2) is 22.9 Å². The highest BCUT2D eigenvalue weighted by atomic mass is 16.5. The normalized spacial score (nSPS) is 18.7. The van der Waals surface area contributed by atoms with Gasteiger partial charge in [0.2, 0.25) is 0 Å². The summed E-state index contributed by atoms with van der Waals surface area (Å²) >= 11 is 0. The van der Waals surface area contributed by atoms with Gasteiger partial charge < -0.3 is 19.6 Å². The molecule has 0 bridgehead atoms. The summed E-state index contributed by atoms with van der Waals surface area (Å²) in [5.41, 5.74) is 0.885. The predicted molar refractivity (Wildman–Crippen MR) is 97.0 cm³/mol. The van der Waals surface area contributed by atoms with E-state index in [0.717, 1.165) is 50.4 Å². The van der Waals surface area contributed by atoms with E-state index < -0.39 is 0 Å². The van der Waals surface area contributed by atoms with Crippen molar-refractivity contribution >= 4 is 11.8 Å². The molecule has 4 heterocycles. The third-order valence-corrected chi connectivity index (χ3v) is 5.07. The number of aromatic nitrogens is 3. The molecule has 0 saturated carbocycles. The minimum absolute atomic E-state index is 0.0703. The Morgan fingerprint density at radius 2 is 2.08 bits per heavy atom. The highest BCUT2D eigenvalue weighted by Crippen LogP contribution is 2.26. The smallest absolute Gasteiger partial charge is 0.317 e. The second-order valence-corrected chi connectivity index (χ2v) is 7.16. The summed E-state index contributed by atoms with van der Waals surface area (Å²) in [6.07, 6.45) is 3.69. The molecule has 2 amide bonds. The first-order valence-corrected chi connectivity index (χ1v) is 9.21. The molecule has 2 aromatic rings. The number of anilines is 1. The Kier molecular flexibility index (Phi) is 4.48. The fraction of sp³-hybridized carbons (Fsp3) is 0.556. The molecule has 2 aliphatic heterocycles. The van der Waals surface area contributed by atoms with Crippen LogP contribution in [0, 0.1) is 0 Å². The molecule has 2 aliphatic rings. The summed E-state index contributed by atoms with van der Waals surface area (Å²) < 4.78 is 5.39. The monoisotopic (exact) mass is 356 g/mol. The lowest BCUT2D eigenvalue weighted by Gasteiger charge is -2.36. The maximum atomic E-state index is 11.8. The van der Waals surface area contributed by atoms with Crippen molar-refractivity contribution in [2.24, 2.45) is 0 Å². The number of urea groups is 1. The number of rotatable bonds is 4. The number of amides is 2. The molecule has 0 atom stereocenters. The molecule has 2 saturated heterocycles. The number of nitrogens with zero attached hydrogens (tertiary/aromatic N) is 5. The zero-order valence-electron chi connectivity index (χ0n) is 15.2. The summed E-state index contributed by atoms with van der Waals surface area (Å²) in [5.74, 6) is 2.38. The first kappa shape index (κ1) is 16.8. The van der Waals surface area contributed by atoms with Gasteiger partial charge in [0, 0.05) is 49.9 Å². The second-order valence-electron chi connectivity index (χ2n) is 7.16. The van der Waals surface area contributed by atoms with Crippen LogP contribution in [0.25, 0.3) is 11.5 Å². The van der Waals surface area contributed by atoms with Crippen molar-refractivity contribution in [2.45, 2.75) is 38.6 Å². The Morgan fingerprint density at radius 1 is 1.27 bits per heavy atom. The molecule has 0 unspecified atom stereocenters. The van der Waals surface area contributed by atoms with Crippen molar-refractivity contribution in [2.75, 3.05) is 31.1 Å². The van der Waals surface area contributed by atoms with Gasteiger partial charge in [-0.15, -0.1) is 0 Å². The molecule has 2 aromatic heterocycles. The predicted octanol–water partition coefficient (Wildman–Crippen LogP) is 2.25. The first-order chi connectivity index (χ1) is 12.6. The van der Waals surface area contributed by atoms with Crippen LogP contribution < -0.4 is 10.2 Å². The largest absolute Gasteiger partial charge is 0.356 e. The molecular weight excluding hydrogens is 332 g/mol. The van der Waals surface area contributed by atoms with E-state index in [1.54, 1.807) is 6.20 Å². The summed E-state index contributed by atoms with van der Waals surface area (Å²) in [4.78, 5) is 25.0. The van der Waals surface area contributed by atoms with Gasteiger partial charge in [-0.3, -0.25) is 0 Å². The summed E-state index contributed by atoms with van der Waals surface area (Å²) in [5, 5.41) is 6.91. The van der Waals surface area contributed by atoms with Gasteiger partial charge in [-0.05, 0) is 25.0 Å². The SMILES string of the molecule is CC(C)c1noc(-c2ccnc(N3CCC(N4CCNC4=O)CC3)c2)n1. The summed E-state index contributed by atoms with van der Waals surface area (Å²) in [6.45, 7) is 7.41. The lowest BCUT2D eigenvalue weighted by molar-refractivity contribution is 0.186. The highest BCUT2D eigenvalue weighted by Gasteiger charge is 2.31. The molecule has 2 fully saturated rings. The molecule has 0 spiro atoms. The van der Waals surface area contributed by atoms with Crippen molar-refractivity contribution < 1.29 is 9.32 Å². The average molecular weight is 356 g/mol. The molecule has 0 radical (unpaired) electrons. The quantitative estimate of drug-likeness (QED) is 0.904. The van der Waals surface area contributed by atoms with Crippen LogP contribution in [0.4, 0.5) is 10.6 Å². The fourth-order valence-corrected chi connectivity index (χ4v) is 3.55. The van der Waals surface area contributed by atoms with Crippen LogP contribution in [0.1, 0.15) is 38.4 Å². The lowest BCUT2D eigenvalue weighted by Crippen LogP contribution is -2.46. The zero-order chi connectivity index (χ0) is 18.1. The van der Waals surface area contributed by atoms with E-state index >= 15 is 0 Å². The van der Waals surface area contributed by atoms with Gasteiger partial charge in [0.1, 0.15) is 5.82 Å². The van der Waals surface area contributed by atoms with Gasteiger partial charge in [-0.2, -0.15) is 4.98 Å². The van der Waals surface area contributed by atoms with Crippen molar-refractivity contribution in [1.29, 1.82) is 0 Å². The lowest BCUT2D eigenvalue weighted by atomic mass is 10.0. The maximum Gasteiger partial charge on any atom is 0.317 e. The highest BCUT2D eigenvalue weighted by molar-refractivity contribution is 5.76. The third kappa shape index (κ3) is 3.23. The molecule has 8 nitrogen and oxygen atoms in total. The first-order valence-electron chi connectivity index (χ1n) is 9.21. The molecule has 4 rings (SSSR count). The van der Waals surface area contributed by atoms with E-state index in [0.29, 0.717) is 17.8 Å². The van der Waals surface area contributed by atoms with E-state index in [4.69, 9.17) is 4.52 Å². The van der Waals surface area contributed by atoms with Gasteiger partial charge >= 0.3 is 6.03 Å². The molecule has 138 valence electrons. The van der Waals surface area contributed by atoms with Crippen molar-refractivity contribution in [3.05, 3.63) is 24.2 Å². The number of carbonyl (C=O) groups excluding carboxylic acids is 1. The number of hydrogen-bond donors (Lipinski definition) is 1. The number of carbonyl (C=O) groups is 1. The minimum atomic E-state index is 0.0703. The molecule has 0 aliphatic carbocycles. The van der Waals surface area contributed by atoms with Crippen LogP contribution >= 0.6 is 0 Å². The standard InChI is InChI=1S/C18H24N6O2/c1-12(2)16-21-17(26-22-16)13-3-6-19-15(11-13)23-8-4-14(5-9-23)24-10-7-20-18(24)25/h3,6,11-12,14H,4-5,7-10H2,1-2H3,(H,20,25). The molecule has 0 aromatic carbocycles. The van der Waals surface area contributed by atoms with Crippen molar-refractivity contribution in [3.8, 4) is 11.5 Å². The zero-order valence-corrected chi connectivity index (χ0v) is 15.2. The number of nitrogens with one attached hydrogen (secondary N) is 1. The Morgan fingerprint density at radius 3 is 2.73 bits per heavy atom. The van der Waals surface area contributed by atoms with Crippen molar-refractivity contribution in [3.63, 3.8) is 0 Å². The van der Waals surface area contributed by atoms with E-state index in [1.807, 2.05) is 30.9 Å². The third-order valence-electron chi connectivity index (χ3n) is 5.07. The van der Waals surface area contributed by atoms with Gasteiger partial charge in [0.25, 0.3) is 5.89 Å². The Hall–Kier alpha value is -2.64. The van der Waals surface area contributed by atoms with E-state index in [9.17, 15) is 4.79 Å².